The molecule has 0 saturated carbocycles. The van der Waals surface area contributed by atoms with Crippen molar-refractivity contribution in [1.29, 1.82) is 0 Å². The van der Waals surface area contributed by atoms with Gasteiger partial charge in [-0.3, -0.25) is 9.48 Å². The highest BCUT2D eigenvalue weighted by Gasteiger charge is 2.14. The molecule has 0 radical (unpaired) electrons. The molecule has 0 saturated heterocycles. The first-order valence-electron chi connectivity index (χ1n) is 10.3. The van der Waals surface area contributed by atoms with Crippen molar-refractivity contribution in [2.75, 3.05) is 29.2 Å². The molecular weight excluding hydrogens is 406 g/mol. The highest BCUT2D eigenvalue weighted by molar-refractivity contribution is 5.98. The molecule has 0 unspecified atom stereocenters. The minimum absolute atomic E-state index is 0.245. The molecule has 9 nitrogen and oxygen atoms in total. The van der Waals surface area contributed by atoms with E-state index >= 15 is 0 Å². The number of carbonyl (C=O) groups excluding carboxylic acids is 1. The summed E-state index contributed by atoms with van der Waals surface area (Å²) < 4.78 is 7.16. The lowest BCUT2D eigenvalue weighted by Crippen LogP contribution is -2.11. The maximum absolute atomic E-state index is 11.6. The highest BCUT2D eigenvalue weighted by atomic mass is 16.5. The average Bonchev–Trinajstić information content (AvgIpc) is 3.23. The predicted octanol–water partition coefficient (Wildman–Crippen LogP) is 3.49. The molecule has 0 atom stereocenters. The van der Waals surface area contributed by atoms with Crippen LogP contribution >= 0.6 is 0 Å². The number of nitrogens with one attached hydrogen (secondary N) is 3. The molecule has 9 heteroatoms. The largest absolute Gasteiger partial charge is 0.377 e. The van der Waals surface area contributed by atoms with Crippen LogP contribution in [-0.4, -0.2) is 38.9 Å². The Hall–Kier alpha value is -3.98. The molecule has 1 aliphatic rings. The summed E-state index contributed by atoms with van der Waals surface area (Å²) in [6, 6.07) is 7.63. The summed E-state index contributed by atoms with van der Waals surface area (Å²) >= 11 is 0. The highest BCUT2D eigenvalue weighted by Crippen LogP contribution is 2.28. The van der Waals surface area contributed by atoms with Crippen molar-refractivity contribution in [1.82, 2.24) is 19.7 Å². The van der Waals surface area contributed by atoms with Crippen LogP contribution < -0.4 is 16.0 Å². The molecular formula is C23H25N7O2. The van der Waals surface area contributed by atoms with Crippen LogP contribution in [0.4, 0.5) is 23.1 Å². The van der Waals surface area contributed by atoms with Gasteiger partial charge in [-0.1, -0.05) is 24.8 Å². The first kappa shape index (κ1) is 21.3. The Bertz CT molecular complexity index is 1150. The fourth-order valence-corrected chi connectivity index (χ4v) is 3.34. The van der Waals surface area contributed by atoms with Crippen LogP contribution in [0, 0.1) is 0 Å². The van der Waals surface area contributed by atoms with E-state index in [1.807, 2.05) is 43.7 Å². The van der Waals surface area contributed by atoms with Gasteiger partial charge in [-0.25, -0.2) is 4.98 Å². The van der Waals surface area contributed by atoms with E-state index in [1.54, 1.807) is 10.9 Å². The summed E-state index contributed by atoms with van der Waals surface area (Å²) in [7, 11) is 1.85. The van der Waals surface area contributed by atoms with E-state index in [4.69, 9.17) is 9.72 Å². The number of aromatic nitrogens is 4. The summed E-state index contributed by atoms with van der Waals surface area (Å²) in [5.74, 6) is 0.953. The van der Waals surface area contributed by atoms with Crippen LogP contribution in [0.5, 0.6) is 0 Å². The van der Waals surface area contributed by atoms with Crippen molar-refractivity contribution in [3.63, 3.8) is 0 Å². The van der Waals surface area contributed by atoms with Crippen molar-refractivity contribution < 1.29 is 9.53 Å². The number of ether oxygens (including phenoxy) is 1. The molecule has 4 rings (SSSR count). The number of hydrogen-bond donors (Lipinski definition) is 3. The van der Waals surface area contributed by atoms with E-state index < -0.39 is 0 Å². The summed E-state index contributed by atoms with van der Waals surface area (Å²) in [4.78, 5) is 20.8. The van der Waals surface area contributed by atoms with Gasteiger partial charge in [0.25, 0.3) is 0 Å². The number of benzene rings is 1. The predicted molar refractivity (Wildman–Crippen MR) is 125 cm³/mol. The third-order valence-corrected chi connectivity index (χ3v) is 4.90. The van der Waals surface area contributed by atoms with Gasteiger partial charge in [-0.2, -0.15) is 10.1 Å². The Kier molecular flexibility index (Phi) is 6.57. The average molecular weight is 432 g/mol. The van der Waals surface area contributed by atoms with Crippen molar-refractivity contribution in [3.05, 3.63) is 72.7 Å². The summed E-state index contributed by atoms with van der Waals surface area (Å²) in [6.07, 6.45) is 9.51. The molecule has 0 bridgehead atoms. The Morgan fingerprint density at radius 1 is 1.31 bits per heavy atom. The summed E-state index contributed by atoms with van der Waals surface area (Å²) in [5, 5.41) is 13.6. The zero-order chi connectivity index (χ0) is 22.3. The molecule has 0 fully saturated rings. The van der Waals surface area contributed by atoms with Crippen LogP contribution in [0.1, 0.15) is 17.5 Å². The Balaban J connectivity index is 1.56. The van der Waals surface area contributed by atoms with E-state index in [0.29, 0.717) is 31.4 Å². The normalized spacial score (nSPS) is 13.2. The quantitative estimate of drug-likeness (QED) is 0.469. The van der Waals surface area contributed by atoms with Gasteiger partial charge in [0.05, 0.1) is 25.1 Å². The first-order chi connectivity index (χ1) is 15.6. The van der Waals surface area contributed by atoms with Crippen LogP contribution in [0.25, 0.3) is 5.57 Å². The van der Waals surface area contributed by atoms with Gasteiger partial charge >= 0.3 is 0 Å². The second kappa shape index (κ2) is 9.88. The number of hydrogen-bond acceptors (Lipinski definition) is 7. The molecule has 32 heavy (non-hydrogen) atoms. The third kappa shape index (κ3) is 5.38. The number of aryl methyl sites for hydroxylation is 1. The zero-order valence-electron chi connectivity index (χ0n) is 17.8. The zero-order valence-corrected chi connectivity index (χ0v) is 17.8. The molecule has 3 N–H and O–H groups in total. The standard InChI is InChI=1S/C23H25N7O2/c1-3-21(31)27-18-6-4-5-16(11-18)12-24-22-20(17-7-9-32-10-8-17)14-25-23(29-22)28-19-13-26-30(2)15-19/h3-7,11,13-15H,1,8-10,12H2,2H3,(H,27,31)(H2,24,25,28,29). The lowest BCUT2D eigenvalue weighted by Gasteiger charge is -2.18. The third-order valence-electron chi connectivity index (χ3n) is 4.90. The smallest absolute Gasteiger partial charge is 0.247 e. The molecule has 1 aromatic carbocycles. The number of rotatable bonds is 8. The lowest BCUT2D eigenvalue weighted by atomic mass is 10.0. The van der Waals surface area contributed by atoms with Crippen LogP contribution in [-0.2, 0) is 23.1 Å². The maximum Gasteiger partial charge on any atom is 0.247 e. The molecule has 164 valence electrons. The monoisotopic (exact) mass is 431 g/mol. The van der Waals surface area contributed by atoms with E-state index in [0.717, 1.165) is 34.6 Å². The minimum Gasteiger partial charge on any atom is -0.377 e. The molecule has 2 aromatic heterocycles. The van der Waals surface area contributed by atoms with E-state index in [2.05, 4.69) is 38.7 Å². The fraction of sp³-hybridized carbons (Fsp3) is 0.217. The molecule has 1 amide bonds. The summed E-state index contributed by atoms with van der Waals surface area (Å²) in [5.41, 5.74) is 4.62. The second-order valence-corrected chi connectivity index (χ2v) is 7.29. The van der Waals surface area contributed by atoms with Gasteiger partial charge in [-0.15, -0.1) is 0 Å². The molecule has 3 aromatic rings. The van der Waals surface area contributed by atoms with Crippen molar-refractivity contribution in [2.45, 2.75) is 13.0 Å². The van der Waals surface area contributed by atoms with Gasteiger partial charge in [0.15, 0.2) is 0 Å². The number of anilines is 4. The fourth-order valence-electron chi connectivity index (χ4n) is 3.34. The van der Waals surface area contributed by atoms with Crippen LogP contribution in [0.2, 0.25) is 0 Å². The Morgan fingerprint density at radius 3 is 2.97 bits per heavy atom. The van der Waals surface area contributed by atoms with E-state index in [-0.39, 0.29) is 5.91 Å². The molecule has 3 heterocycles. The number of amides is 1. The van der Waals surface area contributed by atoms with Crippen LogP contribution in [0.15, 0.2) is 61.6 Å². The van der Waals surface area contributed by atoms with Gasteiger partial charge in [0, 0.05) is 37.2 Å². The lowest BCUT2D eigenvalue weighted by molar-refractivity contribution is -0.111. The van der Waals surface area contributed by atoms with Gasteiger partial charge in [0.2, 0.25) is 11.9 Å². The summed E-state index contributed by atoms with van der Waals surface area (Å²) in [6.45, 7) is 5.26. The Labute approximate surface area is 186 Å². The molecule has 0 aliphatic carbocycles. The first-order valence-corrected chi connectivity index (χ1v) is 10.3. The Morgan fingerprint density at radius 2 is 2.22 bits per heavy atom. The SMILES string of the molecule is C=CC(=O)Nc1cccc(CNc2nc(Nc3cnn(C)c3)ncc2C2=CCOCC2)c1. The number of carbonyl (C=O) groups is 1. The minimum atomic E-state index is -0.245. The van der Waals surface area contributed by atoms with Crippen molar-refractivity contribution in [2.24, 2.45) is 7.05 Å². The molecule has 1 aliphatic heterocycles. The van der Waals surface area contributed by atoms with Gasteiger partial charge in [0.1, 0.15) is 5.82 Å². The van der Waals surface area contributed by atoms with E-state index in [9.17, 15) is 4.79 Å². The van der Waals surface area contributed by atoms with Crippen molar-refractivity contribution in [3.8, 4) is 0 Å². The van der Waals surface area contributed by atoms with Crippen molar-refractivity contribution >= 4 is 34.6 Å². The molecule has 0 spiro atoms. The maximum atomic E-state index is 11.6. The topological polar surface area (TPSA) is 106 Å². The van der Waals surface area contributed by atoms with Crippen LogP contribution in [0.3, 0.4) is 0 Å². The second-order valence-electron chi connectivity index (χ2n) is 7.29. The van der Waals surface area contributed by atoms with E-state index in [1.165, 1.54) is 6.08 Å². The number of nitrogens with zero attached hydrogens (tertiary/aromatic N) is 4. The van der Waals surface area contributed by atoms with Gasteiger partial charge in [-0.05, 0) is 35.8 Å². The van der Waals surface area contributed by atoms with Gasteiger partial charge < -0.3 is 20.7 Å².